The molecule has 5 aliphatic rings. The Kier molecular flexibility index (Phi) is 2.76. The van der Waals surface area contributed by atoms with Gasteiger partial charge in [0.2, 0.25) is 0 Å². The number of ether oxygens (including phenoxy) is 1. The van der Waals surface area contributed by atoms with E-state index < -0.39 is 0 Å². The van der Waals surface area contributed by atoms with Crippen molar-refractivity contribution in [3.05, 3.63) is 0 Å². The third-order valence-electron chi connectivity index (χ3n) is 5.86. The Balaban J connectivity index is 1.41. The van der Waals surface area contributed by atoms with Crippen LogP contribution in [-0.4, -0.2) is 36.2 Å². The van der Waals surface area contributed by atoms with E-state index in [2.05, 4.69) is 0 Å². The highest BCUT2D eigenvalue weighted by atomic mass is 16.6. The second-order valence-corrected chi connectivity index (χ2v) is 7.27. The number of likely N-dealkylation sites (tertiary alicyclic amines) is 1. The summed E-state index contributed by atoms with van der Waals surface area (Å²) in [7, 11) is 0. The minimum absolute atomic E-state index is 0.106. The molecule has 0 radical (unpaired) electrons. The highest BCUT2D eigenvalue weighted by Gasteiger charge is 2.50. The fraction of sp³-hybridized carbons (Fsp3) is 0.933. The molecule has 5 fully saturated rings. The smallest absolute Gasteiger partial charge is 0.410 e. The topological polar surface area (TPSA) is 55.6 Å². The molecule has 0 aromatic heterocycles. The molecule has 1 aliphatic heterocycles. The van der Waals surface area contributed by atoms with Gasteiger partial charge in [0.05, 0.1) is 0 Å². The highest BCUT2D eigenvalue weighted by molar-refractivity contribution is 5.68. The van der Waals surface area contributed by atoms with E-state index in [1.807, 2.05) is 0 Å². The van der Waals surface area contributed by atoms with Gasteiger partial charge in [-0.2, -0.15) is 0 Å². The van der Waals surface area contributed by atoms with Crippen molar-refractivity contribution in [1.82, 2.24) is 4.90 Å². The molecule has 19 heavy (non-hydrogen) atoms. The average molecular weight is 264 g/mol. The van der Waals surface area contributed by atoms with Crippen molar-refractivity contribution in [2.24, 2.45) is 29.4 Å². The fourth-order valence-electron chi connectivity index (χ4n) is 5.21. The van der Waals surface area contributed by atoms with Gasteiger partial charge < -0.3 is 15.4 Å². The number of rotatable bonds is 1. The summed E-state index contributed by atoms with van der Waals surface area (Å²) < 4.78 is 5.89. The lowest BCUT2D eigenvalue weighted by molar-refractivity contribution is -0.101. The normalized spacial score (nSPS) is 47.7. The Morgan fingerprint density at radius 2 is 1.68 bits per heavy atom. The number of hydrogen-bond acceptors (Lipinski definition) is 3. The molecule has 5 rings (SSSR count). The molecule has 0 aromatic rings. The molecule has 1 heterocycles. The van der Waals surface area contributed by atoms with Crippen LogP contribution < -0.4 is 5.73 Å². The van der Waals surface area contributed by atoms with Gasteiger partial charge in [-0.3, -0.25) is 0 Å². The summed E-state index contributed by atoms with van der Waals surface area (Å²) in [5.74, 6) is 3.16. The predicted molar refractivity (Wildman–Crippen MR) is 71.5 cm³/mol. The van der Waals surface area contributed by atoms with Crippen LogP contribution in [0.15, 0.2) is 0 Å². The molecule has 4 heteroatoms. The maximum absolute atomic E-state index is 12.2. The zero-order valence-corrected chi connectivity index (χ0v) is 11.5. The number of carbonyl (C=O) groups is 1. The van der Waals surface area contributed by atoms with Crippen molar-refractivity contribution in [3.8, 4) is 0 Å². The molecule has 4 aliphatic carbocycles. The van der Waals surface area contributed by atoms with Crippen molar-refractivity contribution >= 4 is 6.09 Å². The van der Waals surface area contributed by atoms with Crippen LogP contribution in [0, 0.1) is 23.7 Å². The molecule has 4 nitrogen and oxygen atoms in total. The second kappa shape index (κ2) is 4.37. The Bertz CT molecular complexity index is 356. The third kappa shape index (κ3) is 2.04. The molecule has 0 aromatic carbocycles. The van der Waals surface area contributed by atoms with Gasteiger partial charge in [-0.05, 0) is 62.2 Å². The van der Waals surface area contributed by atoms with Gasteiger partial charge in [0.15, 0.2) is 0 Å². The van der Waals surface area contributed by atoms with Gasteiger partial charge >= 0.3 is 6.09 Å². The summed E-state index contributed by atoms with van der Waals surface area (Å²) in [6, 6.07) is 0.144. The standard InChI is InChI=1S/C15H24N2O2/c16-13-1-2-17(8-13)15(18)19-14-11-4-9-3-10(6-11)7-12(14)5-9/h9-14H,1-8,16H2/t9?,10?,11?,12?,13-,14?/m1/s1. The lowest BCUT2D eigenvalue weighted by atomic mass is 9.55. The van der Waals surface area contributed by atoms with Crippen molar-refractivity contribution < 1.29 is 9.53 Å². The van der Waals surface area contributed by atoms with Crippen LogP contribution in [0.4, 0.5) is 4.79 Å². The van der Waals surface area contributed by atoms with E-state index in [0.29, 0.717) is 18.4 Å². The second-order valence-electron chi connectivity index (χ2n) is 7.27. The van der Waals surface area contributed by atoms with Crippen LogP contribution >= 0.6 is 0 Å². The molecule has 106 valence electrons. The molecule has 1 atom stereocenters. The fourth-order valence-corrected chi connectivity index (χ4v) is 5.21. The first kappa shape index (κ1) is 12.0. The van der Waals surface area contributed by atoms with Crippen molar-refractivity contribution in [2.45, 2.75) is 50.7 Å². The van der Waals surface area contributed by atoms with Crippen LogP contribution in [0.5, 0.6) is 0 Å². The number of hydrogen-bond donors (Lipinski definition) is 1. The van der Waals surface area contributed by atoms with Gasteiger partial charge in [0.1, 0.15) is 6.10 Å². The average Bonchev–Trinajstić information content (AvgIpc) is 2.79. The summed E-state index contributed by atoms with van der Waals surface area (Å²) >= 11 is 0. The van der Waals surface area contributed by atoms with Crippen molar-refractivity contribution in [3.63, 3.8) is 0 Å². The van der Waals surface area contributed by atoms with Crippen LogP contribution in [0.3, 0.4) is 0 Å². The monoisotopic (exact) mass is 264 g/mol. The van der Waals surface area contributed by atoms with Crippen LogP contribution in [0.25, 0.3) is 0 Å². The molecule has 2 N–H and O–H groups in total. The van der Waals surface area contributed by atoms with Gasteiger partial charge in [-0.1, -0.05) is 0 Å². The lowest BCUT2D eigenvalue weighted by Crippen LogP contribution is -2.51. The van der Waals surface area contributed by atoms with E-state index in [0.717, 1.165) is 24.8 Å². The summed E-state index contributed by atoms with van der Waals surface area (Å²) in [6.07, 6.45) is 7.64. The quantitative estimate of drug-likeness (QED) is 0.788. The van der Waals surface area contributed by atoms with Crippen molar-refractivity contribution in [1.29, 1.82) is 0 Å². The predicted octanol–water partition coefficient (Wildman–Crippen LogP) is 1.98. The Hall–Kier alpha value is -0.770. The first-order valence-corrected chi connectivity index (χ1v) is 7.90. The van der Waals surface area contributed by atoms with Crippen LogP contribution in [-0.2, 0) is 4.74 Å². The Morgan fingerprint density at radius 3 is 2.21 bits per heavy atom. The van der Waals surface area contributed by atoms with E-state index in [1.54, 1.807) is 4.90 Å². The van der Waals surface area contributed by atoms with Crippen LogP contribution in [0.1, 0.15) is 38.5 Å². The SMILES string of the molecule is N[C@@H]1CCN(C(=O)OC2C3CC4CC(C3)CC2C4)C1. The summed E-state index contributed by atoms with van der Waals surface area (Å²) in [5, 5.41) is 0. The zero-order valence-electron chi connectivity index (χ0n) is 11.5. The van der Waals surface area contributed by atoms with E-state index in [-0.39, 0.29) is 18.2 Å². The van der Waals surface area contributed by atoms with Crippen LogP contribution in [0.2, 0.25) is 0 Å². The highest BCUT2D eigenvalue weighted by Crippen LogP contribution is 2.54. The Morgan fingerprint density at radius 1 is 1.05 bits per heavy atom. The minimum atomic E-state index is -0.106. The van der Waals surface area contributed by atoms with Gasteiger partial charge in [-0.25, -0.2) is 4.79 Å². The molecule has 0 unspecified atom stereocenters. The maximum atomic E-state index is 12.2. The lowest BCUT2D eigenvalue weighted by Gasteiger charge is -2.53. The van der Waals surface area contributed by atoms with Gasteiger partial charge in [-0.15, -0.1) is 0 Å². The number of nitrogens with zero attached hydrogens (tertiary/aromatic N) is 1. The molecule has 4 saturated carbocycles. The molecular formula is C15H24N2O2. The van der Waals surface area contributed by atoms with E-state index in [4.69, 9.17) is 10.5 Å². The van der Waals surface area contributed by atoms with E-state index in [9.17, 15) is 4.79 Å². The summed E-state index contributed by atoms with van der Waals surface area (Å²) in [6.45, 7) is 1.44. The summed E-state index contributed by atoms with van der Waals surface area (Å²) in [4.78, 5) is 14.0. The third-order valence-corrected chi connectivity index (χ3v) is 5.86. The van der Waals surface area contributed by atoms with Gasteiger partial charge in [0, 0.05) is 19.1 Å². The van der Waals surface area contributed by atoms with Crippen molar-refractivity contribution in [2.75, 3.05) is 13.1 Å². The molecule has 0 spiro atoms. The Labute approximate surface area is 114 Å². The first-order chi connectivity index (χ1) is 9.19. The number of carbonyl (C=O) groups excluding carboxylic acids is 1. The minimum Gasteiger partial charge on any atom is -0.446 e. The van der Waals surface area contributed by atoms with E-state index >= 15 is 0 Å². The molecule has 1 saturated heterocycles. The zero-order chi connectivity index (χ0) is 13.0. The molecular weight excluding hydrogens is 240 g/mol. The van der Waals surface area contributed by atoms with Gasteiger partial charge in [0.25, 0.3) is 0 Å². The largest absolute Gasteiger partial charge is 0.446 e. The number of amides is 1. The number of nitrogens with two attached hydrogens (primary N) is 1. The van der Waals surface area contributed by atoms with E-state index in [1.165, 1.54) is 32.1 Å². The first-order valence-electron chi connectivity index (χ1n) is 7.90. The molecule has 1 amide bonds. The maximum Gasteiger partial charge on any atom is 0.410 e. The molecule has 4 bridgehead atoms. The summed E-state index contributed by atoms with van der Waals surface area (Å²) in [5.41, 5.74) is 5.86.